The predicted molar refractivity (Wildman–Crippen MR) is 98.8 cm³/mol. The summed E-state index contributed by atoms with van der Waals surface area (Å²) in [6, 6.07) is 10.5. The summed E-state index contributed by atoms with van der Waals surface area (Å²) in [5.74, 6) is 0.830. The third-order valence-corrected chi connectivity index (χ3v) is 5.65. The van der Waals surface area contributed by atoms with Gasteiger partial charge in [0.2, 0.25) is 10.0 Å². The Hall–Kier alpha value is -1.60. The monoisotopic (exact) mass is 352 g/mol. The summed E-state index contributed by atoms with van der Waals surface area (Å²) in [5.41, 5.74) is 1.52. The van der Waals surface area contributed by atoms with E-state index in [1.165, 1.54) is 5.56 Å². The van der Waals surface area contributed by atoms with Crippen molar-refractivity contribution in [1.82, 2.24) is 15.4 Å². The normalized spacial score (nSPS) is 16.7. The van der Waals surface area contributed by atoms with Gasteiger partial charge < -0.3 is 10.6 Å². The van der Waals surface area contributed by atoms with E-state index in [4.69, 9.17) is 4.99 Å². The molecule has 1 saturated carbocycles. The summed E-state index contributed by atoms with van der Waals surface area (Å²) in [6.45, 7) is 6.01. The van der Waals surface area contributed by atoms with Crippen molar-refractivity contribution in [2.45, 2.75) is 32.1 Å². The summed E-state index contributed by atoms with van der Waals surface area (Å²) < 4.78 is 25.4. The van der Waals surface area contributed by atoms with Crippen molar-refractivity contribution in [2.75, 3.05) is 31.9 Å². The molecule has 0 amide bonds. The molecule has 0 unspecified atom stereocenters. The van der Waals surface area contributed by atoms with Gasteiger partial charge in [0.15, 0.2) is 5.96 Å². The van der Waals surface area contributed by atoms with E-state index in [2.05, 4.69) is 39.6 Å². The maximum Gasteiger partial charge on any atom is 0.211 e. The smallest absolute Gasteiger partial charge is 0.211 e. The highest BCUT2D eigenvalue weighted by Gasteiger charge is 2.43. The van der Waals surface area contributed by atoms with Crippen molar-refractivity contribution in [3.63, 3.8) is 0 Å². The van der Waals surface area contributed by atoms with Crippen molar-refractivity contribution >= 4 is 16.0 Å². The van der Waals surface area contributed by atoms with Gasteiger partial charge in [-0.25, -0.2) is 13.1 Å². The van der Waals surface area contributed by atoms with Crippen molar-refractivity contribution in [3.05, 3.63) is 35.9 Å². The molecule has 0 aromatic heterocycles. The minimum absolute atomic E-state index is 0.0980. The van der Waals surface area contributed by atoms with Crippen LogP contribution >= 0.6 is 0 Å². The van der Waals surface area contributed by atoms with Gasteiger partial charge in [0, 0.05) is 25.0 Å². The molecule has 1 aromatic carbocycles. The zero-order valence-corrected chi connectivity index (χ0v) is 15.3. The van der Waals surface area contributed by atoms with Crippen LogP contribution in [0, 0.1) is 0 Å². The Morgan fingerprint density at radius 2 is 1.83 bits per heavy atom. The van der Waals surface area contributed by atoms with Gasteiger partial charge in [0.05, 0.1) is 12.3 Å². The van der Waals surface area contributed by atoms with Crippen LogP contribution in [0.1, 0.15) is 32.3 Å². The summed E-state index contributed by atoms with van der Waals surface area (Å²) in [5, 5.41) is 6.39. The second-order valence-corrected chi connectivity index (χ2v) is 8.16. The number of benzene rings is 1. The first-order valence-electron chi connectivity index (χ1n) is 8.56. The van der Waals surface area contributed by atoms with E-state index in [1.807, 2.05) is 13.0 Å². The van der Waals surface area contributed by atoms with Crippen LogP contribution in [0.4, 0.5) is 0 Å². The van der Waals surface area contributed by atoms with Crippen LogP contribution in [0.2, 0.25) is 0 Å². The highest BCUT2D eigenvalue weighted by atomic mass is 32.2. The SMILES string of the molecule is CCNC(=NCC1(c2ccccc2)CC1)NCCNS(=O)(=O)CC. The molecule has 3 N–H and O–H groups in total. The van der Waals surface area contributed by atoms with E-state index in [1.54, 1.807) is 6.92 Å². The summed E-state index contributed by atoms with van der Waals surface area (Å²) in [6.07, 6.45) is 2.33. The van der Waals surface area contributed by atoms with Crippen LogP contribution in [0.3, 0.4) is 0 Å². The summed E-state index contributed by atoms with van der Waals surface area (Å²) in [7, 11) is -3.14. The Balaban J connectivity index is 1.87. The van der Waals surface area contributed by atoms with Gasteiger partial charge in [-0.05, 0) is 32.3 Å². The first kappa shape index (κ1) is 18.7. The Labute approximate surface area is 145 Å². The lowest BCUT2D eigenvalue weighted by atomic mass is 9.96. The van der Waals surface area contributed by atoms with Gasteiger partial charge >= 0.3 is 0 Å². The third-order valence-electron chi connectivity index (χ3n) is 4.24. The van der Waals surface area contributed by atoms with Gasteiger partial charge in [-0.2, -0.15) is 0 Å². The van der Waals surface area contributed by atoms with Crippen LogP contribution < -0.4 is 15.4 Å². The molecule has 1 aliphatic carbocycles. The van der Waals surface area contributed by atoms with E-state index < -0.39 is 10.0 Å². The highest BCUT2D eigenvalue weighted by Crippen LogP contribution is 2.48. The number of rotatable bonds is 9. The fourth-order valence-electron chi connectivity index (χ4n) is 2.54. The maximum absolute atomic E-state index is 11.4. The molecule has 0 aliphatic heterocycles. The average Bonchev–Trinajstić information content (AvgIpc) is 3.38. The maximum atomic E-state index is 11.4. The number of aliphatic imine (C=N–C) groups is 1. The van der Waals surface area contributed by atoms with Crippen LogP contribution in [0.15, 0.2) is 35.3 Å². The molecule has 0 radical (unpaired) electrons. The molecule has 1 aromatic rings. The molecule has 6 nitrogen and oxygen atoms in total. The van der Waals surface area contributed by atoms with Crippen molar-refractivity contribution < 1.29 is 8.42 Å². The summed E-state index contributed by atoms with van der Waals surface area (Å²) in [4.78, 5) is 4.70. The molecule has 0 saturated heterocycles. The van der Waals surface area contributed by atoms with Gasteiger partial charge in [0.1, 0.15) is 0 Å². The molecule has 24 heavy (non-hydrogen) atoms. The van der Waals surface area contributed by atoms with Crippen LogP contribution in [-0.2, 0) is 15.4 Å². The highest BCUT2D eigenvalue weighted by molar-refractivity contribution is 7.89. The molecule has 0 bridgehead atoms. The number of hydrogen-bond acceptors (Lipinski definition) is 3. The van der Waals surface area contributed by atoms with E-state index in [0.717, 1.165) is 31.9 Å². The van der Waals surface area contributed by atoms with E-state index in [9.17, 15) is 8.42 Å². The fraction of sp³-hybridized carbons (Fsp3) is 0.588. The molecule has 7 heteroatoms. The van der Waals surface area contributed by atoms with Gasteiger partial charge in [-0.3, -0.25) is 4.99 Å². The first-order chi connectivity index (χ1) is 11.5. The quantitative estimate of drug-likeness (QED) is 0.354. The Bertz CT molecular complexity index is 640. The molecule has 0 heterocycles. The average molecular weight is 353 g/mol. The Morgan fingerprint density at radius 1 is 1.12 bits per heavy atom. The third kappa shape index (κ3) is 5.49. The molecule has 1 aliphatic rings. The summed E-state index contributed by atoms with van der Waals surface area (Å²) >= 11 is 0. The van der Waals surface area contributed by atoms with Crippen LogP contribution in [0.25, 0.3) is 0 Å². The zero-order valence-electron chi connectivity index (χ0n) is 14.5. The van der Waals surface area contributed by atoms with Crippen molar-refractivity contribution in [1.29, 1.82) is 0 Å². The minimum atomic E-state index is -3.14. The van der Waals surface area contributed by atoms with Gasteiger partial charge in [-0.15, -0.1) is 0 Å². The number of nitrogens with zero attached hydrogens (tertiary/aromatic N) is 1. The Morgan fingerprint density at radius 3 is 2.42 bits per heavy atom. The largest absolute Gasteiger partial charge is 0.357 e. The van der Waals surface area contributed by atoms with Crippen molar-refractivity contribution in [3.8, 4) is 0 Å². The number of sulfonamides is 1. The van der Waals surface area contributed by atoms with Gasteiger partial charge in [0.25, 0.3) is 0 Å². The van der Waals surface area contributed by atoms with E-state index >= 15 is 0 Å². The lowest BCUT2D eigenvalue weighted by Crippen LogP contribution is -2.42. The van der Waals surface area contributed by atoms with Crippen molar-refractivity contribution in [2.24, 2.45) is 4.99 Å². The standard InChI is InChI=1S/C17H28N4O2S/c1-3-18-16(19-12-13-21-24(22,23)4-2)20-14-17(10-11-17)15-8-6-5-7-9-15/h5-9,21H,3-4,10-14H2,1-2H3,(H2,18,19,20). The molecule has 1 fully saturated rings. The Kier molecular flexibility index (Phi) is 6.62. The molecule has 2 rings (SSSR count). The molecular formula is C17H28N4O2S. The van der Waals surface area contributed by atoms with E-state index in [-0.39, 0.29) is 11.2 Å². The van der Waals surface area contributed by atoms with Crippen LogP contribution in [-0.4, -0.2) is 46.3 Å². The second-order valence-electron chi connectivity index (χ2n) is 6.07. The number of hydrogen-bond donors (Lipinski definition) is 3. The van der Waals surface area contributed by atoms with Crippen LogP contribution in [0.5, 0.6) is 0 Å². The molecule has 134 valence electrons. The molecule has 0 spiro atoms. The van der Waals surface area contributed by atoms with Gasteiger partial charge in [-0.1, -0.05) is 30.3 Å². The number of guanidine groups is 1. The minimum Gasteiger partial charge on any atom is -0.357 e. The molecule has 0 atom stereocenters. The number of nitrogens with one attached hydrogen (secondary N) is 3. The fourth-order valence-corrected chi connectivity index (χ4v) is 3.16. The topological polar surface area (TPSA) is 82.6 Å². The van der Waals surface area contributed by atoms with E-state index in [0.29, 0.717) is 13.1 Å². The zero-order chi connectivity index (χ0) is 17.5. The molecular weight excluding hydrogens is 324 g/mol. The lowest BCUT2D eigenvalue weighted by molar-refractivity contribution is 0.581. The second kappa shape index (κ2) is 8.48. The predicted octanol–water partition coefficient (Wildman–Crippen LogP) is 1.21. The first-order valence-corrected chi connectivity index (χ1v) is 10.2. The lowest BCUT2D eigenvalue weighted by Gasteiger charge is -2.16.